The lowest BCUT2D eigenvalue weighted by Gasteiger charge is -2.25. The maximum absolute atomic E-state index is 4.43. The minimum absolute atomic E-state index is 0.479. The minimum Gasteiger partial charge on any atom is -0.381 e. The molecule has 2 nitrogen and oxygen atoms in total. The van der Waals surface area contributed by atoms with Crippen LogP contribution in [0.1, 0.15) is 20.3 Å². The maximum Gasteiger partial charge on any atom is 0.0576 e. The summed E-state index contributed by atoms with van der Waals surface area (Å²) in [5.74, 6) is 0.643. The van der Waals surface area contributed by atoms with Crippen LogP contribution in [0.3, 0.4) is 0 Å². The molecule has 0 radical (unpaired) electrons. The summed E-state index contributed by atoms with van der Waals surface area (Å²) >= 11 is 0. The molecule has 0 amide bonds. The molecule has 1 unspecified atom stereocenters. The van der Waals surface area contributed by atoms with Gasteiger partial charge in [-0.25, -0.2) is 0 Å². The van der Waals surface area contributed by atoms with Crippen LogP contribution in [-0.4, -0.2) is 31.3 Å². The Kier molecular flexibility index (Phi) is 2.90. The summed E-state index contributed by atoms with van der Waals surface area (Å²) in [7, 11) is 4.17. The number of allylic oxidation sites excluding steroid dienone is 1. The molecule has 0 aromatic rings. The summed E-state index contributed by atoms with van der Waals surface area (Å²) in [6.45, 7) is 4.45. The predicted octanol–water partition coefficient (Wildman–Crippen LogP) is 1.93. The molecule has 0 saturated heterocycles. The van der Waals surface area contributed by atoms with Gasteiger partial charge in [0.15, 0.2) is 0 Å². The standard InChI is InChI=1S/C10H18N2/c1-8(2)10-7-9(12(3)4)5-6-11-10/h5-6,8,10H,7H2,1-4H3. The number of dihydropyridines is 1. The average Bonchev–Trinajstić information content (AvgIpc) is 2.04. The van der Waals surface area contributed by atoms with Crippen molar-refractivity contribution in [2.75, 3.05) is 14.1 Å². The first-order chi connectivity index (χ1) is 5.61. The summed E-state index contributed by atoms with van der Waals surface area (Å²) in [6, 6.07) is 0.479. The van der Waals surface area contributed by atoms with Gasteiger partial charge in [-0.1, -0.05) is 13.8 Å². The van der Waals surface area contributed by atoms with Crippen LogP contribution in [-0.2, 0) is 0 Å². The summed E-state index contributed by atoms with van der Waals surface area (Å²) < 4.78 is 0. The zero-order valence-corrected chi connectivity index (χ0v) is 8.41. The van der Waals surface area contributed by atoms with Crippen LogP contribution in [0, 0.1) is 5.92 Å². The Morgan fingerprint density at radius 3 is 2.67 bits per heavy atom. The van der Waals surface area contributed by atoms with Crippen molar-refractivity contribution in [3.63, 3.8) is 0 Å². The molecule has 0 aliphatic carbocycles. The summed E-state index contributed by atoms with van der Waals surface area (Å²) in [4.78, 5) is 6.60. The van der Waals surface area contributed by atoms with Crippen molar-refractivity contribution in [3.05, 3.63) is 11.8 Å². The van der Waals surface area contributed by atoms with E-state index in [1.54, 1.807) is 0 Å². The number of nitrogens with zero attached hydrogens (tertiary/aromatic N) is 2. The van der Waals surface area contributed by atoms with Gasteiger partial charge in [-0.05, 0) is 12.0 Å². The molecular weight excluding hydrogens is 148 g/mol. The van der Waals surface area contributed by atoms with Crippen LogP contribution in [0.2, 0.25) is 0 Å². The fraction of sp³-hybridized carbons (Fsp3) is 0.700. The zero-order chi connectivity index (χ0) is 9.14. The average molecular weight is 166 g/mol. The van der Waals surface area contributed by atoms with E-state index >= 15 is 0 Å². The second kappa shape index (κ2) is 3.74. The predicted molar refractivity (Wildman–Crippen MR) is 53.5 cm³/mol. The highest BCUT2D eigenvalue weighted by atomic mass is 15.1. The molecule has 1 heterocycles. The molecule has 0 fully saturated rings. The van der Waals surface area contributed by atoms with Gasteiger partial charge in [0, 0.05) is 32.4 Å². The molecule has 0 aromatic heterocycles. The van der Waals surface area contributed by atoms with Gasteiger partial charge in [0.05, 0.1) is 6.04 Å². The topological polar surface area (TPSA) is 15.6 Å². The van der Waals surface area contributed by atoms with Crippen molar-refractivity contribution in [2.24, 2.45) is 10.9 Å². The number of hydrogen-bond acceptors (Lipinski definition) is 2. The van der Waals surface area contributed by atoms with Gasteiger partial charge >= 0.3 is 0 Å². The normalized spacial score (nSPS) is 22.8. The van der Waals surface area contributed by atoms with Gasteiger partial charge in [0.25, 0.3) is 0 Å². The van der Waals surface area contributed by atoms with Gasteiger partial charge < -0.3 is 4.90 Å². The Bertz CT molecular complexity index is 202. The smallest absolute Gasteiger partial charge is 0.0576 e. The molecule has 0 bridgehead atoms. The Morgan fingerprint density at radius 1 is 1.50 bits per heavy atom. The molecule has 1 aliphatic heterocycles. The van der Waals surface area contributed by atoms with Crippen molar-refractivity contribution in [3.8, 4) is 0 Å². The van der Waals surface area contributed by atoms with Crippen LogP contribution in [0.4, 0.5) is 0 Å². The highest BCUT2D eigenvalue weighted by Crippen LogP contribution is 2.19. The van der Waals surface area contributed by atoms with Crippen molar-refractivity contribution >= 4 is 6.21 Å². The van der Waals surface area contributed by atoms with Crippen LogP contribution in [0.25, 0.3) is 0 Å². The van der Waals surface area contributed by atoms with Crippen LogP contribution in [0.15, 0.2) is 16.8 Å². The molecule has 68 valence electrons. The van der Waals surface area contributed by atoms with E-state index < -0.39 is 0 Å². The molecule has 1 aliphatic rings. The van der Waals surface area contributed by atoms with E-state index in [4.69, 9.17) is 0 Å². The number of hydrogen-bond donors (Lipinski definition) is 0. The first-order valence-corrected chi connectivity index (χ1v) is 4.51. The minimum atomic E-state index is 0.479. The van der Waals surface area contributed by atoms with Crippen LogP contribution in [0.5, 0.6) is 0 Å². The van der Waals surface area contributed by atoms with Crippen molar-refractivity contribution in [1.29, 1.82) is 0 Å². The van der Waals surface area contributed by atoms with Crippen molar-refractivity contribution in [2.45, 2.75) is 26.3 Å². The van der Waals surface area contributed by atoms with Gasteiger partial charge in [-0.3, -0.25) is 4.99 Å². The Morgan fingerprint density at radius 2 is 2.17 bits per heavy atom. The second-order valence-electron chi connectivity index (χ2n) is 3.87. The zero-order valence-electron chi connectivity index (χ0n) is 8.41. The third-order valence-corrected chi connectivity index (χ3v) is 2.31. The first kappa shape index (κ1) is 9.30. The molecule has 2 heteroatoms. The van der Waals surface area contributed by atoms with Gasteiger partial charge in [0.2, 0.25) is 0 Å². The third-order valence-electron chi connectivity index (χ3n) is 2.31. The summed E-state index contributed by atoms with van der Waals surface area (Å²) in [5.41, 5.74) is 1.38. The molecule has 0 spiro atoms. The molecule has 1 atom stereocenters. The first-order valence-electron chi connectivity index (χ1n) is 4.51. The van der Waals surface area contributed by atoms with Crippen molar-refractivity contribution < 1.29 is 0 Å². The van der Waals surface area contributed by atoms with E-state index in [1.807, 2.05) is 6.21 Å². The quantitative estimate of drug-likeness (QED) is 0.612. The molecule has 0 N–H and O–H groups in total. The van der Waals surface area contributed by atoms with E-state index in [2.05, 4.69) is 43.9 Å². The van der Waals surface area contributed by atoms with Crippen molar-refractivity contribution in [1.82, 2.24) is 4.90 Å². The largest absolute Gasteiger partial charge is 0.381 e. The van der Waals surface area contributed by atoms with E-state index in [9.17, 15) is 0 Å². The molecule has 0 saturated carbocycles. The lowest BCUT2D eigenvalue weighted by atomic mass is 9.98. The van der Waals surface area contributed by atoms with Gasteiger partial charge in [0.1, 0.15) is 0 Å². The Labute approximate surface area is 75.0 Å². The fourth-order valence-corrected chi connectivity index (χ4v) is 1.31. The summed E-state index contributed by atoms with van der Waals surface area (Å²) in [6.07, 6.45) is 5.11. The Balaban J connectivity index is 2.61. The summed E-state index contributed by atoms with van der Waals surface area (Å²) in [5, 5.41) is 0. The van der Waals surface area contributed by atoms with Crippen LogP contribution < -0.4 is 0 Å². The maximum atomic E-state index is 4.43. The van der Waals surface area contributed by atoms with E-state index in [-0.39, 0.29) is 0 Å². The number of aliphatic imine (C=N–C) groups is 1. The van der Waals surface area contributed by atoms with E-state index in [0.29, 0.717) is 12.0 Å². The Hall–Kier alpha value is -0.790. The molecule has 0 aromatic carbocycles. The number of rotatable bonds is 2. The van der Waals surface area contributed by atoms with Gasteiger partial charge in [-0.15, -0.1) is 0 Å². The highest BCUT2D eigenvalue weighted by molar-refractivity contribution is 5.73. The lowest BCUT2D eigenvalue weighted by molar-refractivity contribution is 0.417. The monoisotopic (exact) mass is 166 g/mol. The SMILES string of the molecule is CC(C)C1CC(N(C)C)=CC=N1. The highest BCUT2D eigenvalue weighted by Gasteiger charge is 2.16. The second-order valence-corrected chi connectivity index (χ2v) is 3.87. The fourth-order valence-electron chi connectivity index (χ4n) is 1.31. The third kappa shape index (κ3) is 2.10. The van der Waals surface area contributed by atoms with E-state index in [1.165, 1.54) is 5.70 Å². The van der Waals surface area contributed by atoms with Crippen LogP contribution >= 0.6 is 0 Å². The lowest BCUT2D eigenvalue weighted by Crippen LogP contribution is -2.23. The molecular formula is C10H18N2. The van der Waals surface area contributed by atoms with Gasteiger partial charge in [-0.2, -0.15) is 0 Å². The molecule has 12 heavy (non-hydrogen) atoms. The molecule has 1 rings (SSSR count). The van der Waals surface area contributed by atoms with E-state index in [0.717, 1.165) is 6.42 Å².